The number of para-hydroxylation sites is 1. The number of nitrogens with one attached hydrogen (secondary N) is 1. The first-order chi connectivity index (χ1) is 14.7. The maximum Gasteiger partial charge on any atom is 0.342 e. The maximum atomic E-state index is 13.0. The van der Waals surface area contributed by atoms with E-state index in [1.807, 2.05) is 60.7 Å². The highest BCUT2D eigenvalue weighted by molar-refractivity contribution is 5.98. The average Bonchev–Trinajstić information content (AvgIpc) is 3.41. The molecule has 2 aromatic carbocycles. The fourth-order valence-electron chi connectivity index (χ4n) is 3.75. The van der Waals surface area contributed by atoms with Crippen LogP contribution in [0.2, 0.25) is 0 Å². The number of fused-ring (bicyclic) bond motifs is 2. The lowest BCUT2D eigenvalue weighted by Crippen LogP contribution is -2.39. The first-order valence-corrected chi connectivity index (χ1v) is 9.82. The molecule has 0 radical (unpaired) electrons. The van der Waals surface area contributed by atoms with Crippen molar-refractivity contribution in [1.82, 2.24) is 19.7 Å². The zero-order valence-corrected chi connectivity index (χ0v) is 16.2. The Bertz CT molecular complexity index is 1190. The summed E-state index contributed by atoms with van der Waals surface area (Å²) in [6.07, 6.45) is 1.53. The third kappa shape index (κ3) is 3.34. The normalized spacial score (nSPS) is 13.3. The molecule has 0 fully saturated rings. The number of esters is 1. The molecule has 0 aliphatic carbocycles. The van der Waals surface area contributed by atoms with Crippen molar-refractivity contribution in [1.29, 1.82) is 0 Å². The smallest absolute Gasteiger partial charge is 0.342 e. The van der Waals surface area contributed by atoms with Crippen LogP contribution >= 0.6 is 0 Å². The molecule has 3 heterocycles. The number of aromatic nitrogens is 3. The minimum absolute atomic E-state index is 0.0951. The van der Waals surface area contributed by atoms with Gasteiger partial charge in [-0.25, -0.2) is 4.79 Å². The highest BCUT2D eigenvalue weighted by atomic mass is 16.5. The molecule has 0 saturated heterocycles. The first kappa shape index (κ1) is 18.2. The summed E-state index contributed by atoms with van der Waals surface area (Å²) in [5, 5.41) is 5.30. The van der Waals surface area contributed by atoms with Crippen molar-refractivity contribution >= 4 is 22.8 Å². The zero-order valence-electron chi connectivity index (χ0n) is 16.2. The van der Waals surface area contributed by atoms with Gasteiger partial charge < -0.3 is 14.6 Å². The SMILES string of the molecule is O=C(OCc1ccccc1)c1cnn2c1CN(C(=O)c1cc3ccccc3[nH]1)CC2. The van der Waals surface area contributed by atoms with E-state index in [0.29, 0.717) is 36.6 Å². The van der Waals surface area contributed by atoms with Crippen molar-refractivity contribution < 1.29 is 14.3 Å². The van der Waals surface area contributed by atoms with Crippen LogP contribution in [0.3, 0.4) is 0 Å². The van der Waals surface area contributed by atoms with Gasteiger partial charge in [0.1, 0.15) is 17.9 Å². The van der Waals surface area contributed by atoms with E-state index in [0.717, 1.165) is 16.5 Å². The number of hydrogen-bond acceptors (Lipinski definition) is 4. The largest absolute Gasteiger partial charge is 0.457 e. The zero-order chi connectivity index (χ0) is 20.5. The van der Waals surface area contributed by atoms with Gasteiger partial charge in [-0.2, -0.15) is 5.10 Å². The molecule has 1 N–H and O–H groups in total. The van der Waals surface area contributed by atoms with Crippen molar-refractivity contribution in [3.8, 4) is 0 Å². The van der Waals surface area contributed by atoms with Gasteiger partial charge in [0.2, 0.25) is 0 Å². The summed E-state index contributed by atoms with van der Waals surface area (Å²) in [7, 11) is 0. The second kappa shape index (κ2) is 7.51. The van der Waals surface area contributed by atoms with Gasteiger partial charge in [-0.15, -0.1) is 0 Å². The van der Waals surface area contributed by atoms with E-state index in [1.165, 1.54) is 6.20 Å². The molecule has 30 heavy (non-hydrogen) atoms. The molecule has 0 saturated carbocycles. The van der Waals surface area contributed by atoms with Crippen molar-refractivity contribution in [2.75, 3.05) is 6.54 Å². The highest BCUT2D eigenvalue weighted by Crippen LogP contribution is 2.21. The Morgan fingerprint density at radius 1 is 1.03 bits per heavy atom. The Kier molecular flexibility index (Phi) is 4.55. The Morgan fingerprint density at radius 2 is 1.83 bits per heavy atom. The minimum Gasteiger partial charge on any atom is -0.457 e. The molecular weight excluding hydrogens is 380 g/mol. The number of H-pyrrole nitrogens is 1. The van der Waals surface area contributed by atoms with E-state index in [1.54, 1.807) is 9.58 Å². The lowest BCUT2D eigenvalue weighted by Gasteiger charge is -2.27. The Hall–Kier alpha value is -3.87. The van der Waals surface area contributed by atoms with E-state index in [2.05, 4.69) is 10.1 Å². The molecule has 2 aromatic heterocycles. The number of carbonyl (C=O) groups is 2. The molecule has 0 unspecified atom stereocenters. The van der Waals surface area contributed by atoms with Crippen LogP contribution in [-0.4, -0.2) is 38.1 Å². The van der Waals surface area contributed by atoms with Gasteiger partial charge in [-0.1, -0.05) is 48.5 Å². The lowest BCUT2D eigenvalue weighted by molar-refractivity contribution is 0.0465. The first-order valence-electron chi connectivity index (χ1n) is 9.82. The molecule has 0 bridgehead atoms. The molecule has 1 amide bonds. The van der Waals surface area contributed by atoms with E-state index < -0.39 is 5.97 Å². The molecule has 1 aliphatic heterocycles. The van der Waals surface area contributed by atoms with Crippen molar-refractivity contribution in [2.45, 2.75) is 19.7 Å². The molecule has 7 nitrogen and oxygen atoms in total. The van der Waals surface area contributed by atoms with Gasteiger partial charge in [-0.05, 0) is 17.7 Å². The molecule has 5 rings (SSSR count). The van der Waals surface area contributed by atoms with Gasteiger partial charge in [0, 0.05) is 17.4 Å². The predicted octanol–water partition coefficient (Wildman–Crippen LogP) is 3.38. The summed E-state index contributed by atoms with van der Waals surface area (Å²) < 4.78 is 7.23. The van der Waals surface area contributed by atoms with Crippen LogP contribution in [0.15, 0.2) is 66.9 Å². The molecular formula is C23H20N4O3. The Labute approximate surface area is 172 Å². The van der Waals surface area contributed by atoms with Crippen LogP contribution in [0.5, 0.6) is 0 Å². The van der Waals surface area contributed by atoms with E-state index >= 15 is 0 Å². The summed E-state index contributed by atoms with van der Waals surface area (Å²) in [4.78, 5) is 30.6. The van der Waals surface area contributed by atoms with Gasteiger partial charge in [0.05, 0.1) is 25.0 Å². The van der Waals surface area contributed by atoms with Gasteiger partial charge in [-0.3, -0.25) is 9.48 Å². The average molecular weight is 400 g/mol. The topological polar surface area (TPSA) is 80.2 Å². The Balaban J connectivity index is 1.33. The summed E-state index contributed by atoms with van der Waals surface area (Å²) in [6.45, 7) is 1.57. The summed E-state index contributed by atoms with van der Waals surface area (Å²) in [5.74, 6) is -0.526. The molecule has 7 heteroatoms. The molecule has 1 aliphatic rings. The number of rotatable bonds is 4. The van der Waals surface area contributed by atoms with Crippen molar-refractivity contribution in [3.63, 3.8) is 0 Å². The highest BCUT2D eigenvalue weighted by Gasteiger charge is 2.28. The fourth-order valence-corrected chi connectivity index (χ4v) is 3.75. The second-order valence-corrected chi connectivity index (χ2v) is 7.29. The number of benzene rings is 2. The molecule has 0 atom stereocenters. The van der Waals surface area contributed by atoms with Crippen LogP contribution < -0.4 is 0 Å². The number of nitrogens with zero attached hydrogens (tertiary/aromatic N) is 3. The monoisotopic (exact) mass is 400 g/mol. The summed E-state index contributed by atoms with van der Waals surface area (Å²) in [5.41, 5.74) is 3.48. The van der Waals surface area contributed by atoms with E-state index in [9.17, 15) is 9.59 Å². The quantitative estimate of drug-likeness (QED) is 0.533. The number of aromatic amines is 1. The lowest BCUT2D eigenvalue weighted by atomic mass is 10.2. The van der Waals surface area contributed by atoms with Gasteiger partial charge >= 0.3 is 5.97 Å². The molecule has 0 spiro atoms. The van der Waals surface area contributed by atoms with Gasteiger partial charge in [0.15, 0.2) is 0 Å². The number of hydrogen-bond donors (Lipinski definition) is 1. The van der Waals surface area contributed by atoms with Crippen LogP contribution in [0.1, 0.15) is 32.1 Å². The van der Waals surface area contributed by atoms with Crippen molar-refractivity contribution in [2.24, 2.45) is 0 Å². The minimum atomic E-state index is -0.431. The van der Waals surface area contributed by atoms with Crippen LogP contribution in [0.4, 0.5) is 0 Å². The fraction of sp³-hybridized carbons (Fsp3) is 0.174. The van der Waals surface area contributed by atoms with Gasteiger partial charge in [0.25, 0.3) is 5.91 Å². The molecule has 4 aromatic rings. The summed E-state index contributed by atoms with van der Waals surface area (Å²) in [6, 6.07) is 19.2. The van der Waals surface area contributed by atoms with Crippen LogP contribution in [0.25, 0.3) is 10.9 Å². The Morgan fingerprint density at radius 3 is 2.67 bits per heavy atom. The van der Waals surface area contributed by atoms with Crippen LogP contribution in [-0.2, 0) is 24.4 Å². The standard InChI is InChI=1S/C23H20N4O3/c28-22(20-12-17-8-4-5-9-19(17)25-20)26-10-11-27-21(14-26)18(13-24-27)23(29)30-15-16-6-2-1-3-7-16/h1-9,12-13,25H,10-11,14-15H2. The third-order valence-corrected chi connectivity index (χ3v) is 5.35. The maximum absolute atomic E-state index is 13.0. The number of amides is 1. The second-order valence-electron chi connectivity index (χ2n) is 7.29. The predicted molar refractivity (Wildman–Crippen MR) is 111 cm³/mol. The number of ether oxygens (including phenoxy) is 1. The van der Waals surface area contributed by atoms with E-state index in [-0.39, 0.29) is 12.5 Å². The number of carbonyl (C=O) groups excluding carboxylic acids is 2. The van der Waals surface area contributed by atoms with Crippen molar-refractivity contribution in [3.05, 3.63) is 89.4 Å². The van der Waals surface area contributed by atoms with Crippen LogP contribution in [0, 0.1) is 0 Å². The molecule has 150 valence electrons. The third-order valence-electron chi connectivity index (χ3n) is 5.35. The summed E-state index contributed by atoms with van der Waals surface area (Å²) >= 11 is 0. The van der Waals surface area contributed by atoms with E-state index in [4.69, 9.17) is 4.74 Å².